The highest BCUT2D eigenvalue weighted by atomic mass is 19.1. The molecule has 0 radical (unpaired) electrons. The second kappa shape index (κ2) is 12.2. The molecule has 0 unspecified atom stereocenters. The summed E-state index contributed by atoms with van der Waals surface area (Å²) in [6.07, 6.45) is 0.378. The third-order valence-electron chi connectivity index (χ3n) is 6.33. The van der Waals surface area contributed by atoms with Gasteiger partial charge in [0.25, 0.3) is 5.91 Å². The number of carbonyl (C=O) groups is 2. The lowest BCUT2D eigenvalue weighted by atomic mass is 9.98. The molecule has 0 aliphatic carbocycles. The van der Waals surface area contributed by atoms with Crippen molar-refractivity contribution in [3.63, 3.8) is 0 Å². The zero-order chi connectivity index (χ0) is 25.5. The van der Waals surface area contributed by atoms with Crippen LogP contribution in [0.2, 0.25) is 0 Å². The molecule has 0 aromatic heterocycles. The van der Waals surface area contributed by atoms with E-state index in [0.29, 0.717) is 49.6 Å². The normalized spacial score (nSPS) is 18.2. The molecule has 2 aliphatic rings. The van der Waals surface area contributed by atoms with Crippen LogP contribution in [0.5, 0.6) is 0 Å². The Kier molecular flexibility index (Phi) is 8.74. The van der Waals surface area contributed by atoms with E-state index in [1.165, 1.54) is 41.3 Å². The van der Waals surface area contributed by atoms with Gasteiger partial charge in [-0.25, -0.2) is 13.8 Å². The lowest BCUT2D eigenvalue weighted by Crippen LogP contribution is -2.47. The largest absolute Gasteiger partial charge is 0.379 e. The first-order valence-corrected chi connectivity index (χ1v) is 11.9. The monoisotopic (exact) mass is 500 g/mol. The number of morpholine rings is 1. The Morgan fingerprint density at radius 1 is 1.06 bits per heavy atom. The quantitative estimate of drug-likeness (QED) is 0.529. The van der Waals surface area contributed by atoms with Crippen molar-refractivity contribution in [3.8, 4) is 0 Å². The number of ether oxygens (including phenoxy) is 2. The topological polar surface area (TPSA) is 74.7 Å². The van der Waals surface area contributed by atoms with Gasteiger partial charge < -0.3 is 14.4 Å². The van der Waals surface area contributed by atoms with Gasteiger partial charge in [-0.1, -0.05) is 24.3 Å². The molecule has 4 rings (SSSR count). The first-order valence-electron chi connectivity index (χ1n) is 11.9. The van der Waals surface area contributed by atoms with Crippen molar-refractivity contribution < 1.29 is 27.8 Å². The number of benzene rings is 2. The van der Waals surface area contributed by atoms with E-state index < -0.39 is 6.04 Å². The molecule has 1 atom stereocenters. The van der Waals surface area contributed by atoms with E-state index in [0.717, 1.165) is 13.1 Å². The molecule has 2 heterocycles. The fraction of sp³-hybridized carbons (Fsp3) is 0.423. The van der Waals surface area contributed by atoms with Gasteiger partial charge in [0.2, 0.25) is 5.91 Å². The summed E-state index contributed by atoms with van der Waals surface area (Å²) in [7, 11) is 1.43. The number of hydrogen-bond donors (Lipinski definition) is 0. The molecule has 2 amide bonds. The maximum absolute atomic E-state index is 13.6. The molecular weight excluding hydrogens is 470 g/mol. The lowest BCUT2D eigenvalue weighted by molar-refractivity contribution is -0.143. The van der Waals surface area contributed by atoms with Crippen molar-refractivity contribution in [2.45, 2.75) is 12.5 Å². The SMILES string of the molecule is COCC(=O)N(CCN1CCOCC1)CC(=O)N1N=C(c2ccc(F)cc2)C[C@@H]1c1ccc(F)cc1. The Morgan fingerprint density at radius 3 is 2.33 bits per heavy atom. The van der Waals surface area contributed by atoms with Gasteiger partial charge in [-0.2, -0.15) is 5.10 Å². The third-order valence-corrected chi connectivity index (χ3v) is 6.33. The van der Waals surface area contributed by atoms with Gasteiger partial charge in [0.1, 0.15) is 24.8 Å². The van der Waals surface area contributed by atoms with Crippen LogP contribution in [0, 0.1) is 11.6 Å². The molecular formula is C26H30F2N4O4. The Bertz CT molecular complexity index is 1070. The summed E-state index contributed by atoms with van der Waals surface area (Å²) in [5.41, 5.74) is 2.02. The van der Waals surface area contributed by atoms with Gasteiger partial charge >= 0.3 is 0 Å². The summed E-state index contributed by atoms with van der Waals surface area (Å²) in [4.78, 5) is 29.9. The highest BCUT2D eigenvalue weighted by Crippen LogP contribution is 2.33. The van der Waals surface area contributed by atoms with Crippen molar-refractivity contribution >= 4 is 17.5 Å². The Morgan fingerprint density at radius 2 is 1.69 bits per heavy atom. The maximum Gasteiger partial charge on any atom is 0.262 e. The Labute approximate surface area is 209 Å². The van der Waals surface area contributed by atoms with Gasteiger partial charge in [-0.05, 0) is 35.4 Å². The summed E-state index contributed by atoms with van der Waals surface area (Å²) < 4.78 is 37.4. The fourth-order valence-corrected chi connectivity index (χ4v) is 4.33. The zero-order valence-corrected chi connectivity index (χ0v) is 20.2. The number of hydrazone groups is 1. The van der Waals surface area contributed by atoms with E-state index in [2.05, 4.69) is 10.0 Å². The number of methoxy groups -OCH3 is 1. The van der Waals surface area contributed by atoms with E-state index in [-0.39, 0.29) is 36.6 Å². The number of amides is 2. The molecule has 8 nitrogen and oxygen atoms in total. The van der Waals surface area contributed by atoms with Gasteiger partial charge in [-0.3, -0.25) is 14.5 Å². The zero-order valence-electron chi connectivity index (χ0n) is 20.2. The number of nitrogens with zero attached hydrogens (tertiary/aromatic N) is 4. The Balaban J connectivity index is 1.54. The summed E-state index contributed by atoms with van der Waals surface area (Å²) in [5.74, 6) is -1.41. The molecule has 2 aromatic carbocycles. The van der Waals surface area contributed by atoms with Crippen molar-refractivity contribution in [2.24, 2.45) is 5.10 Å². The van der Waals surface area contributed by atoms with Crippen molar-refractivity contribution in [1.29, 1.82) is 0 Å². The van der Waals surface area contributed by atoms with Gasteiger partial charge in [0.15, 0.2) is 0 Å². The first-order chi connectivity index (χ1) is 17.4. The predicted molar refractivity (Wildman–Crippen MR) is 129 cm³/mol. The maximum atomic E-state index is 13.6. The Hall–Kier alpha value is -3.21. The number of carbonyl (C=O) groups excluding carboxylic acids is 2. The highest BCUT2D eigenvalue weighted by Gasteiger charge is 2.34. The van der Waals surface area contributed by atoms with Crippen LogP contribution < -0.4 is 0 Å². The van der Waals surface area contributed by atoms with E-state index in [1.807, 2.05) is 0 Å². The number of rotatable bonds is 9. The predicted octanol–water partition coefficient (Wildman–Crippen LogP) is 2.45. The first kappa shape index (κ1) is 25.9. The van der Waals surface area contributed by atoms with Crippen molar-refractivity contribution in [2.75, 3.05) is 59.7 Å². The minimum Gasteiger partial charge on any atom is -0.379 e. The average molecular weight is 501 g/mol. The van der Waals surface area contributed by atoms with Crippen LogP contribution in [-0.4, -0.2) is 92.0 Å². The molecule has 1 saturated heterocycles. The number of halogens is 2. The van der Waals surface area contributed by atoms with E-state index in [9.17, 15) is 18.4 Å². The van der Waals surface area contributed by atoms with Gasteiger partial charge in [0, 0.05) is 39.7 Å². The summed E-state index contributed by atoms with van der Waals surface area (Å²) in [6.45, 7) is 3.47. The molecule has 1 fully saturated rings. The second-order valence-electron chi connectivity index (χ2n) is 8.77. The molecule has 192 valence electrons. The number of hydrogen-bond acceptors (Lipinski definition) is 6. The molecule has 10 heteroatoms. The fourth-order valence-electron chi connectivity index (χ4n) is 4.33. The smallest absolute Gasteiger partial charge is 0.262 e. The van der Waals surface area contributed by atoms with Crippen LogP contribution in [-0.2, 0) is 19.1 Å². The van der Waals surface area contributed by atoms with Crippen LogP contribution in [0.15, 0.2) is 53.6 Å². The highest BCUT2D eigenvalue weighted by molar-refractivity contribution is 6.03. The second-order valence-corrected chi connectivity index (χ2v) is 8.77. The molecule has 2 aromatic rings. The standard InChI is InChI=1S/C26H30F2N4O4/c1-35-18-26(34)31(11-10-30-12-14-36-15-13-30)17-25(33)32-24(20-4-8-22(28)9-5-20)16-23(29-32)19-2-6-21(27)7-3-19/h2-9,24H,10-18H2,1H3/t24-/m1/s1. The van der Waals surface area contributed by atoms with Crippen LogP contribution in [0.1, 0.15) is 23.6 Å². The minimum atomic E-state index is -0.475. The molecule has 0 bridgehead atoms. The molecule has 0 N–H and O–H groups in total. The summed E-state index contributed by atoms with van der Waals surface area (Å²) >= 11 is 0. The lowest BCUT2D eigenvalue weighted by Gasteiger charge is -2.31. The van der Waals surface area contributed by atoms with Crippen molar-refractivity contribution in [3.05, 3.63) is 71.3 Å². The van der Waals surface area contributed by atoms with Gasteiger partial charge in [0.05, 0.1) is 25.0 Å². The van der Waals surface area contributed by atoms with Crippen LogP contribution in [0.4, 0.5) is 8.78 Å². The molecule has 0 saturated carbocycles. The van der Waals surface area contributed by atoms with Crippen LogP contribution >= 0.6 is 0 Å². The molecule has 36 heavy (non-hydrogen) atoms. The van der Waals surface area contributed by atoms with Crippen LogP contribution in [0.3, 0.4) is 0 Å². The minimum absolute atomic E-state index is 0.137. The van der Waals surface area contributed by atoms with E-state index in [4.69, 9.17) is 9.47 Å². The molecule has 2 aliphatic heterocycles. The third kappa shape index (κ3) is 6.51. The van der Waals surface area contributed by atoms with Gasteiger partial charge in [-0.15, -0.1) is 0 Å². The van der Waals surface area contributed by atoms with Crippen LogP contribution in [0.25, 0.3) is 0 Å². The summed E-state index contributed by atoms with van der Waals surface area (Å²) in [5, 5.41) is 5.92. The summed E-state index contributed by atoms with van der Waals surface area (Å²) in [6, 6.07) is 11.3. The van der Waals surface area contributed by atoms with E-state index >= 15 is 0 Å². The van der Waals surface area contributed by atoms with E-state index in [1.54, 1.807) is 24.3 Å². The van der Waals surface area contributed by atoms with Crippen molar-refractivity contribution in [1.82, 2.24) is 14.8 Å². The average Bonchev–Trinajstić information content (AvgIpc) is 3.33. The molecule has 0 spiro atoms.